The summed E-state index contributed by atoms with van der Waals surface area (Å²) in [5.41, 5.74) is 0. The summed E-state index contributed by atoms with van der Waals surface area (Å²) in [5.74, 6) is 0.957. The maximum absolute atomic E-state index is 5.66. The Balaban J connectivity index is 0.00000242. The molecule has 130 valence electrons. The number of halogens is 1. The van der Waals surface area contributed by atoms with Crippen molar-refractivity contribution in [3.05, 3.63) is 0 Å². The van der Waals surface area contributed by atoms with Crippen LogP contribution in [0.5, 0.6) is 0 Å². The highest BCUT2D eigenvalue weighted by Gasteiger charge is 2.22. The molecular formula is C16H33IN4O. The van der Waals surface area contributed by atoms with Crippen LogP contribution in [0.15, 0.2) is 4.99 Å². The van der Waals surface area contributed by atoms with Crippen LogP contribution >= 0.6 is 24.0 Å². The number of nitrogens with zero attached hydrogens (tertiary/aromatic N) is 2. The van der Waals surface area contributed by atoms with Gasteiger partial charge in [0.15, 0.2) is 5.96 Å². The lowest BCUT2D eigenvalue weighted by molar-refractivity contribution is 0.105. The molecule has 0 radical (unpaired) electrons. The third kappa shape index (κ3) is 6.58. The van der Waals surface area contributed by atoms with Crippen molar-refractivity contribution in [2.24, 2.45) is 4.99 Å². The Morgan fingerprint density at radius 1 is 1.23 bits per heavy atom. The number of aliphatic imine (C=N–C) groups is 1. The first-order valence-electron chi connectivity index (χ1n) is 8.71. The molecule has 0 bridgehead atoms. The number of hydrogen-bond acceptors (Lipinski definition) is 3. The summed E-state index contributed by atoms with van der Waals surface area (Å²) in [7, 11) is 0. The lowest BCUT2D eigenvalue weighted by Crippen LogP contribution is -2.40. The predicted octanol–water partition coefficient (Wildman–Crippen LogP) is 2.21. The molecular weight excluding hydrogens is 391 g/mol. The van der Waals surface area contributed by atoms with Crippen molar-refractivity contribution in [2.75, 3.05) is 39.3 Å². The molecule has 2 aliphatic heterocycles. The Labute approximate surface area is 152 Å². The Morgan fingerprint density at radius 3 is 2.77 bits per heavy atom. The SMILES string of the molecule is CCNC(=NCC1CCCN1CC)NCCC1CCCO1.I. The Hall–Kier alpha value is -0.0800. The van der Waals surface area contributed by atoms with Crippen molar-refractivity contribution < 1.29 is 4.74 Å². The van der Waals surface area contributed by atoms with E-state index in [4.69, 9.17) is 9.73 Å². The van der Waals surface area contributed by atoms with Crippen molar-refractivity contribution in [3.63, 3.8) is 0 Å². The van der Waals surface area contributed by atoms with E-state index in [0.717, 1.165) is 45.2 Å². The lowest BCUT2D eigenvalue weighted by atomic mass is 10.2. The summed E-state index contributed by atoms with van der Waals surface area (Å²) < 4.78 is 5.66. The molecule has 0 spiro atoms. The fraction of sp³-hybridized carbons (Fsp3) is 0.938. The van der Waals surface area contributed by atoms with E-state index in [0.29, 0.717) is 12.1 Å². The van der Waals surface area contributed by atoms with Crippen LogP contribution in [0, 0.1) is 0 Å². The largest absolute Gasteiger partial charge is 0.378 e. The number of likely N-dealkylation sites (tertiary alicyclic amines) is 1. The highest BCUT2D eigenvalue weighted by Crippen LogP contribution is 2.16. The molecule has 2 unspecified atom stereocenters. The second-order valence-corrected chi connectivity index (χ2v) is 5.99. The molecule has 0 aliphatic carbocycles. The normalized spacial score (nSPS) is 26.0. The quantitative estimate of drug-likeness (QED) is 0.374. The van der Waals surface area contributed by atoms with Crippen molar-refractivity contribution in [3.8, 4) is 0 Å². The zero-order valence-corrected chi connectivity index (χ0v) is 16.5. The van der Waals surface area contributed by atoms with Gasteiger partial charge in [0.25, 0.3) is 0 Å². The molecule has 0 aromatic rings. The van der Waals surface area contributed by atoms with Gasteiger partial charge in [-0.15, -0.1) is 24.0 Å². The van der Waals surface area contributed by atoms with Crippen molar-refractivity contribution >= 4 is 29.9 Å². The van der Waals surface area contributed by atoms with Gasteiger partial charge in [0.2, 0.25) is 0 Å². The van der Waals surface area contributed by atoms with E-state index in [-0.39, 0.29) is 24.0 Å². The number of likely N-dealkylation sites (N-methyl/N-ethyl adjacent to an activating group) is 1. The molecule has 2 atom stereocenters. The number of guanidine groups is 1. The highest BCUT2D eigenvalue weighted by molar-refractivity contribution is 14.0. The average Bonchev–Trinajstić information content (AvgIpc) is 3.15. The molecule has 0 amide bonds. The molecule has 0 aromatic heterocycles. The van der Waals surface area contributed by atoms with Crippen LogP contribution in [0.2, 0.25) is 0 Å². The minimum Gasteiger partial charge on any atom is -0.378 e. The predicted molar refractivity (Wildman–Crippen MR) is 103 cm³/mol. The number of hydrogen-bond donors (Lipinski definition) is 2. The van der Waals surface area contributed by atoms with Gasteiger partial charge in [0.1, 0.15) is 0 Å². The fourth-order valence-corrected chi connectivity index (χ4v) is 3.28. The highest BCUT2D eigenvalue weighted by atomic mass is 127. The fourth-order valence-electron chi connectivity index (χ4n) is 3.28. The van der Waals surface area contributed by atoms with Crippen molar-refractivity contribution in [1.82, 2.24) is 15.5 Å². The molecule has 6 heteroatoms. The van der Waals surface area contributed by atoms with Crippen LogP contribution < -0.4 is 10.6 Å². The van der Waals surface area contributed by atoms with Crippen LogP contribution in [-0.2, 0) is 4.74 Å². The van der Waals surface area contributed by atoms with Crippen LogP contribution in [0.25, 0.3) is 0 Å². The summed E-state index contributed by atoms with van der Waals surface area (Å²) in [6.45, 7) is 10.4. The number of rotatable bonds is 7. The van der Waals surface area contributed by atoms with E-state index < -0.39 is 0 Å². The van der Waals surface area contributed by atoms with Crippen LogP contribution in [-0.4, -0.2) is 62.3 Å². The molecule has 5 nitrogen and oxygen atoms in total. The van der Waals surface area contributed by atoms with E-state index in [2.05, 4.69) is 29.4 Å². The summed E-state index contributed by atoms with van der Waals surface area (Å²) in [4.78, 5) is 7.31. The Morgan fingerprint density at radius 2 is 2.09 bits per heavy atom. The summed E-state index contributed by atoms with van der Waals surface area (Å²) in [5, 5.41) is 6.79. The van der Waals surface area contributed by atoms with Gasteiger partial charge < -0.3 is 15.4 Å². The minimum atomic E-state index is 0. The first-order valence-corrected chi connectivity index (χ1v) is 8.71. The molecule has 22 heavy (non-hydrogen) atoms. The Kier molecular flexibility index (Phi) is 10.4. The first kappa shape index (κ1) is 20.0. The number of ether oxygens (including phenoxy) is 1. The molecule has 2 rings (SSSR count). The van der Waals surface area contributed by atoms with E-state index in [1.807, 2.05) is 0 Å². The molecule has 2 aliphatic rings. The van der Waals surface area contributed by atoms with E-state index >= 15 is 0 Å². The van der Waals surface area contributed by atoms with Crippen LogP contribution in [0.3, 0.4) is 0 Å². The first-order chi connectivity index (χ1) is 10.3. The maximum atomic E-state index is 5.66. The van der Waals surface area contributed by atoms with Crippen molar-refractivity contribution in [1.29, 1.82) is 0 Å². The smallest absolute Gasteiger partial charge is 0.191 e. The van der Waals surface area contributed by atoms with Gasteiger partial charge >= 0.3 is 0 Å². The average molecular weight is 424 g/mol. The van der Waals surface area contributed by atoms with Gasteiger partial charge in [-0.2, -0.15) is 0 Å². The Bertz CT molecular complexity index is 321. The zero-order valence-electron chi connectivity index (χ0n) is 14.1. The molecule has 0 aromatic carbocycles. The van der Waals surface area contributed by atoms with Gasteiger partial charge in [0, 0.05) is 25.7 Å². The third-order valence-corrected chi connectivity index (χ3v) is 4.49. The second-order valence-electron chi connectivity index (χ2n) is 5.99. The third-order valence-electron chi connectivity index (χ3n) is 4.49. The zero-order chi connectivity index (χ0) is 14.9. The van der Waals surface area contributed by atoms with Gasteiger partial charge in [0.05, 0.1) is 12.6 Å². The lowest BCUT2D eigenvalue weighted by Gasteiger charge is -2.21. The number of nitrogens with one attached hydrogen (secondary N) is 2. The van der Waals surface area contributed by atoms with Gasteiger partial charge in [-0.25, -0.2) is 0 Å². The summed E-state index contributed by atoms with van der Waals surface area (Å²) in [6, 6.07) is 0.628. The van der Waals surface area contributed by atoms with Gasteiger partial charge in [-0.1, -0.05) is 6.92 Å². The summed E-state index contributed by atoms with van der Waals surface area (Å²) in [6.07, 6.45) is 6.56. The maximum Gasteiger partial charge on any atom is 0.191 e. The molecule has 2 N–H and O–H groups in total. The van der Waals surface area contributed by atoms with Crippen LogP contribution in [0.1, 0.15) is 46.0 Å². The standard InChI is InChI=1S/C16H32N4O.HI/c1-3-17-16(18-10-9-15-8-6-12-21-15)19-13-14-7-5-11-20(14)4-2;/h14-15H,3-13H2,1-2H3,(H2,17,18,19);1H. The second kappa shape index (κ2) is 11.5. The van der Waals surface area contributed by atoms with E-state index in [1.165, 1.54) is 32.2 Å². The minimum absolute atomic E-state index is 0. The van der Waals surface area contributed by atoms with Gasteiger partial charge in [-0.05, 0) is 52.1 Å². The van der Waals surface area contributed by atoms with Crippen molar-refractivity contribution in [2.45, 2.75) is 58.1 Å². The van der Waals surface area contributed by atoms with E-state index in [1.54, 1.807) is 0 Å². The summed E-state index contributed by atoms with van der Waals surface area (Å²) >= 11 is 0. The topological polar surface area (TPSA) is 48.9 Å². The van der Waals surface area contributed by atoms with Gasteiger partial charge in [-0.3, -0.25) is 9.89 Å². The monoisotopic (exact) mass is 424 g/mol. The molecule has 2 saturated heterocycles. The van der Waals surface area contributed by atoms with Crippen LogP contribution in [0.4, 0.5) is 0 Å². The molecule has 2 fully saturated rings. The molecule has 2 heterocycles. The van der Waals surface area contributed by atoms with E-state index in [9.17, 15) is 0 Å². The molecule has 0 saturated carbocycles.